The van der Waals surface area contributed by atoms with Crippen LogP contribution in [0, 0.1) is 0 Å². The lowest BCUT2D eigenvalue weighted by molar-refractivity contribution is -0.117. The third kappa shape index (κ3) is 4.29. The number of hydrogen-bond donors (Lipinski definition) is 1. The summed E-state index contributed by atoms with van der Waals surface area (Å²) in [5.41, 5.74) is 2.67. The third-order valence-electron chi connectivity index (χ3n) is 2.61. The lowest BCUT2D eigenvalue weighted by atomic mass is 10.2. The van der Waals surface area contributed by atoms with Gasteiger partial charge in [0, 0.05) is 6.54 Å². The smallest absolute Gasteiger partial charge is 0.240 e. The molecular weight excluding hydrogens is 276 g/mol. The van der Waals surface area contributed by atoms with Gasteiger partial charge < -0.3 is 4.74 Å². The van der Waals surface area contributed by atoms with Gasteiger partial charge in [-0.15, -0.1) is 10.2 Å². The Hall–Kier alpha value is -1.99. The lowest BCUT2D eigenvalue weighted by Gasteiger charge is -2.16. The predicted octanol–water partition coefficient (Wildman–Crippen LogP) is 1.62. The molecule has 1 amide bonds. The van der Waals surface area contributed by atoms with E-state index in [1.54, 1.807) is 12.6 Å². The normalized spacial score (nSPS) is 10.6. The maximum atomic E-state index is 11.8. The topological polar surface area (TPSA) is 67.3 Å². The zero-order valence-electron chi connectivity index (χ0n) is 11.4. The van der Waals surface area contributed by atoms with Crippen LogP contribution in [-0.2, 0) is 11.3 Å². The predicted molar refractivity (Wildman–Crippen MR) is 77.9 cm³/mol. The fourth-order valence-electron chi connectivity index (χ4n) is 1.77. The van der Waals surface area contributed by atoms with E-state index in [0.29, 0.717) is 11.7 Å². The number of rotatable bonds is 6. The quantitative estimate of drug-likeness (QED) is 0.876. The van der Waals surface area contributed by atoms with Crippen molar-refractivity contribution in [3.8, 4) is 5.75 Å². The van der Waals surface area contributed by atoms with Crippen molar-refractivity contribution in [3.05, 3.63) is 35.3 Å². The monoisotopic (exact) mass is 292 g/mol. The minimum Gasteiger partial charge on any atom is -0.497 e. The Bertz CT molecular complexity index is 559. The Morgan fingerprint density at radius 1 is 1.50 bits per heavy atom. The van der Waals surface area contributed by atoms with E-state index in [1.807, 2.05) is 36.2 Å². The summed E-state index contributed by atoms with van der Waals surface area (Å²) >= 11 is 1.30. The number of nitrogens with zero attached hydrogens (tertiary/aromatic N) is 3. The Labute approximate surface area is 121 Å². The van der Waals surface area contributed by atoms with Crippen LogP contribution in [0.3, 0.4) is 0 Å². The summed E-state index contributed by atoms with van der Waals surface area (Å²) in [7, 11) is 3.53. The minimum atomic E-state index is -0.104. The molecule has 0 aliphatic heterocycles. The Morgan fingerprint density at radius 2 is 2.35 bits per heavy atom. The van der Waals surface area contributed by atoms with E-state index in [1.165, 1.54) is 11.3 Å². The molecule has 1 aromatic heterocycles. The maximum Gasteiger partial charge on any atom is 0.240 e. The van der Waals surface area contributed by atoms with Crippen LogP contribution in [0.5, 0.6) is 5.75 Å². The summed E-state index contributed by atoms with van der Waals surface area (Å²) in [4.78, 5) is 13.7. The van der Waals surface area contributed by atoms with Gasteiger partial charge in [-0.2, -0.15) is 0 Å². The first-order valence-corrected chi connectivity index (χ1v) is 6.93. The molecule has 0 bridgehead atoms. The van der Waals surface area contributed by atoms with E-state index < -0.39 is 0 Å². The molecule has 1 aromatic carbocycles. The van der Waals surface area contributed by atoms with Crippen molar-refractivity contribution in [3.63, 3.8) is 0 Å². The second-order valence-electron chi connectivity index (χ2n) is 4.32. The molecule has 2 rings (SSSR count). The minimum absolute atomic E-state index is 0.104. The van der Waals surface area contributed by atoms with Crippen LogP contribution in [-0.4, -0.2) is 41.7 Å². The van der Waals surface area contributed by atoms with Crippen molar-refractivity contribution >= 4 is 22.4 Å². The summed E-state index contributed by atoms with van der Waals surface area (Å²) in [6.45, 7) is 0.956. The fraction of sp³-hybridized carbons (Fsp3) is 0.308. The van der Waals surface area contributed by atoms with Gasteiger partial charge in [0.05, 0.1) is 13.7 Å². The Balaban J connectivity index is 1.85. The summed E-state index contributed by atoms with van der Waals surface area (Å²) in [6, 6.07) is 7.79. The van der Waals surface area contributed by atoms with Crippen molar-refractivity contribution in [1.82, 2.24) is 15.1 Å². The molecule has 0 fully saturated rings. The van der Waals surface area contributed by atoms with Gasteiger partial charge in [0.2, 0.25) is 11.0 Å². The first kappa shape index (κ1) is 14.4. The van der Waals surface area contributed by atoms with Crippen molar-refractivity contribution in [2.75, 3.05) is 26.0 Å². The molecule has 7 heteroatoms. The SMILES string of the molecule is COc1cccc(CN(C)CC(=O)Nc2nncs2)c1. The van der Waals surface area contributed by atoms with Gasteiger partial charge in [-0.25, -0.2) is 0 Å². The van der Waals surface area contributed by atoms with E-state index >= 15 is 0 Å². The molecule has 1 heterocycles. The number of carbonyl (C=O) groups excluding carboxylic acids is 1. The maximum absolute atomic E-state index is 11.8. The van der Waals surface area contributed by atoms with Crippen LogP contribution in [0.4, 0.5) is 5.13 Å². The number of amides is 1. The number of benzene rings is 1. The zero-order chi connectivity index (χ0) is 14.4. The van der Waals surface area contributed by atoms with Crippen molar-refractivity contribution in [1.29, 1.82) is 0 Å². The number of aromatic nitrogens is 2. The zero-order valence-corrected chi connectivity index (χ0v) is 12.2. The van der Waals surface area contributed by atoms with Gasteiger partial charge in [0.1, 0.15) is 11.3 Å². The third-order valence-corrected chi connectivity index (χ3v) is 3.21. The number of likely N-dealkylation sites (N-methyl/N-ethyl adjacent to an activating group) is 1. The molecular formula is C13H16N4O2S. The molecule has 0 saturated heterocycles. The van der Waals surface area contributed by atoms with Crippen LogP contribution < -0.4 is 10.1 Å². The van der Waals surface area contributed by atoms with Gasteiger partial charge in [0.15, 0.2) is 0 Å². The van der Waals surface area contributed by atoms with Crippen molar-refractivity contribution < 1.29 is 9.53 Å². The summed E-state index contributed by atoms with van der Waals surface area (Å²) in [5.74, 6) is 0.710. The van der Waals surface area contributed by atoms with E-state index in [4.69, 9.17) is 4.74 Å². The molecule has 0 aliphatic carbocycles. The second kappa shape index (κ2) is 6.97. The van der Waals surface area contributed by atoms with Crippen molar-refractivity contribution in [2.24, 2.45) is 0 Å². The van der Waals surface area contributed by atoms with Gasteiger partial charge in [-0.3, -0.25) is 15.0 Å². The highest BCUT2D eigenvalue weighted by molar-refractivity contribution is 7.13. The van der Waals surface area contributed by atoms with Gasteiger partial charge >= 0.3 is 0 Å². The van der Waals surface area contributed by atoms with Crippen LogP contribution in [0.15, 0.2) is 29.8 Å². The molecule has 0 unspecified atom stereocenters. The summed E-state index contributed by atoms with van der Waals surface area (Å²) < 4.78 is 5.18. The highest BCUT2D eigenvalue weighted by Crippen LogP contribution is 2.14. The molecule has 0 saturated carbocycles. The van der Waals surface area contributed by atoms with Gasteiger partial charge in [0.25, 0.3) is 0 Å². The number of anilines is 1. The first-order valence-electron chi connectivity index (χ1n) is 6.05. The molecule has 20 heavy (non-hydrogen) atoms. The van der Waals surface area contributed by atoms with Crippen LogP contribution in [0.2, 0.25) is 0 Å². The van der Waals surface area contributed by atoms with E-state index in [2.05, 4.69) is 15.5 Å². The van der Waals surface area contributed by atoms with Crippen LogP contribution in [0.25, 0.3) is 0 Å². The van der Waals surface area contributed by atoms with Gasteiger partial charge in [-0.05, 0) is 24.7 Å². The van der Waals surface area contributed by atoms with Gasteiger partial charge in [-0.1, -0.05) is 23.5 Å². The number of methoxy groups -OCH3 is 1. The Morgan fingerprint density at radius 3 is 3.05 bits per heavy atom. The average Bonchev–Trinajstić information content (AvgIpc) is 2.91. The highest BCUT2D eigenvalue weighted by Gasteiger charge is 2.09. The summed E-state index contributed by atoms with van der Waals surface area (Å²) in [5, 5.41) is 10.7. The number of hydrogen-bond acceptors (Lipinski definition) is 6. The molecule has 2 aromatic rings. The van der Waals surface area contributed by atoms with E-state index in [9.17, 15) is 4.79 Å². The number of carbonyl (C=O) groups is 1. The van der Waals surface area contributed by atoms with Crippen LogP contribution >= 0.6 is 11.3 Å². The lowest BCUT2D eigenvalue weighted by Crippen LogP contribution is -2.29. The molecule has 0 atom stereocenters. The molecule has 0 aliphatic rings. The molecule has 6 nitrogen and oxygen atoms in total. The van der Waals surface area contributed by atoms with E-state index in [-0.39, 0.29) is 12.5 Å². The van der Waals surface area contributed by atoms with Crippen molar-refractivity contribution in [2.45, 2.75) is 6.54 Å². The summed E-state index contributed by atoms with van der Waals surface area (Å²) in [6.07, 6.45) is 0. The highest BCUT2D eigenvalue weighted by atomic mass is 32.1. The largest absolute Gasteiger partial charge is 0.497 e. The second-order valence-corrected chi connectivity index (χ2v) is 5.15. The molecule has 0 radical (unpaired) electrons. The standard InChI is InChI=1S/C13H16N4O2S/c1-17(7-10-4-3-5-11(6-10)19-2)8-12(18)15-13-16-14-9-20-13/h3-6,9H,7-8H2,1-2H3,(H,15,16,18). The fourth-order valence-corrected chi connectivity index (χ4v) is 2.23. The number of nitrogens with one attached hydrogen (secondary N) is 1. The molecule has 0 spiro atoms. The molecule has 106 valence electrons. The number of ether oxygens (including phenoxy) is 1. The molecule has 1 N–H and O–H groups in total. The Kier molecular flexibility index (Phi) is 5.03. The average molecular weight is 292 g/mol. The first-order chi connectivity index (χ1) is 9.67. The van der Waals surface area contributed by atoms with E-state index in [0.717, 1.165) is 11.3 Å². The van der Waals surface area contributed by atoms with Crippen LogP contribution in [0.1, 0.15) is 5.56 Å².